The molecule has 1 unspecified atom stereocenters. The van der Waals surface area contributed by atoms with Crippen molar-refractivity contribution in [1.29, 1.82) is 0 Å². The minimum atomic E-state index is 0.225. The van der Waals surface area contributed by atoms with E-state index < -0.39 is 0 Å². The van der Waals surface area contributed by atoms with Crippen LogP contribution in [0.15, 0.2) is 24.4 Å². The second kappa shape index (κ2) is 7.58. The van der Waals surface area contributed by atoms with Crippen LogP contribution in [0.2, 0.25) is 0 Å². The lowest BCUT2D eigenvalue weighted by molar-refractivity contribution is -0.122. The molecule has 120 valence electrons. The fourth-order valence-corrected chi connectivity index (χ4v) is 3.39. The standard InChI is InChI=1S/C17H26N4O/c22-17(5-4-14-6-10-18-13-14)20-15-7-11-21(12-8-15)16-3-1-2-9-19-16/h1-3,9,14-15,18H,4-8,10-13H2,(H,20,22). The van der Waals surface area contributed by atoms with Gasteiger partial charge in [0.15, 0.2) is 0 Å². The number of nitrogens with one attached hydrogen (secondary N) is 2. The van der Waals surface area contributed by atoms with E-state index in [2.05, 4.69) is 26.6 Å². The van der Waals surface area contributed by atoms with Crippen LogP contribution in [0.5, 0.6) is 0 Å². The Bertz CT molecular complexity index is 465. The number of carbonyl (C=O) groups excluding carboxylic acids is 1. The van der Waals surface area contributed by atoms with Gasteiger partial charge in [-0.25, -0.2) is 4.98 Å². The maximum Gasteiger partial charge on any atom is 0.220 e. The van der Waals surface area contributed by atoms with Crippen molar-refractivity contribution in [2.45, 2.75) is 38.1 Å². The lowest BCUT2D eigenvalue weighted by atomic mass is 10.0. The first kappa shape index (κ1) is 15.3. The van der Waals surface area contributed by atoms with Gasteiger partial charge in [-0.1, -0.05) is 6.07 Å². The molecule has 3 rings (SSSR count). The van der Waals surface area contributed by atoms with Crippen LogP contribution in [-0.4, -0.2) is 43.1 Å². The summed E-state index contributed by atoms with van der Waals surface area (Å²) in [6.45, 7) is 4.12. The summed E-state index contributed by atoms with van der Waals surface area (Å²) < 4.78 is 0. The number of aromatic nitrogens is 1. The molecule has 3 heterocycles. The van der Waals surface area contributed by atoms with Crippen molar-refractivity contribution in [3.63, 3.8) is 0 Å². The van der Waals surface area contributed by atoms with Crippen molar-refractivity contribution in [3.05, 3.63) is 24.4 Å². The summed E-state index contributed by atoms with van der Waals surface area (Å²) >= 11 is 0. The van der Waals surface area contributed by atoms with E-state index in [0.717, 1.165) is 51.3 Å². The van der Waals surface area contributed by atoms with E-state index in [1.165, 1.54) is 6.42 Å². The Hall–Kier alpha value is -1.62. The number of nitrogens with zero attached hydrogens (tertiary/aromatic N) is 2. The molecule has 5 heteroatoms. The molecule has 2 aliphatic heterocycles. The van der Waals surface area contributed by atoms with Gasteiger partial charge in [0.25, 0.3) is 0 Å². The lowest BCUT2D eigenvalue weighted by Gasteiger charge is -2.33. The highest BCUT2D eigenvalue weighted by Gasteiger charge is 2.22. The van der Waals surface area contributed by atoms with E-state index in [1.54, 1.807) is 0 Å². The summed E-state index contributed by atoms with van der Waals surface area (Å²) in [5.41, 5.74) is 0. The van der Waals surface area contributed by atoms with Crippen LogP contribution in [0.4, 0.5) is 5.82 Å². The third-order valence-corrected chi connectivity index (χ3v) is 4.78. The van der Waals surface area contributed by atoms with Crippen LogP contribution in [0.1, 0.15) is 32.1 Å². The van der Waals surface area contributed by atoms with Gasteiger partial charge in [-0.05, 0) is 56.8 Å². The highest BCUT2D eigenvalue weighted by atomic mass is 16.1. The third-order valence-electron chi connectivity index (χ3n) is 4.78. The molecular weight excluding hydrogens is 276 g/mol. The molecule has 1 amide bonds. The zero-order chi connectivity index (χ0) is 15.2. The quantitative estimate of drug-likeness (QED) is 0.866. The number of piperidine rings is 1. The first-order valence-electron chi connectivity index (χ1n) is 8.47. The molecule has 2 N–H and O–H groups in total. The maximum absolute atomic E-state index is 12.1. The number of hydrogen-bond donors (Lipinski definition) is 2. The predicted molar refractivity (Wildman–Crippen MR) is 87.8 cm³/mol. The van der Waals surface area contributed by atoms with Crippen LogP contribution in [0, 0.1) is 5.92 Å². The van der Waals surface area contributed by atoms with Gasteiger partial charge in [-0.3, -0.25) is 4.79 Å². The number of carbonyl (C=O) groups is 1. The van der Waals surface area contributed by atoms with Crippen molar-refractivity contribution < 1.29 is 4.79 Å². The Labute approximate surface area is 132 Å². The molecule has 0 radical (unpaired) electrons. The zero-order valence-corrected chi connectivity index (χ0v) is 13.1. The van der Waals surface area contributed by atoms with Crippen molar-refractivity contribution in [3.8, 4) is 0 Å². The Morgan fingerprint density at radius 3 is 2.86 bits per heavy atom. The van der Waals surface area contributed by atoms with Crippen molar-refractivity contribution in [2.24, 2.45) is 5.92 Å². The summed E-state index contributed by atoms with van der Waals surface area (Å²) in [4.78, 5) is 18.8. The molecule has 2 fully saturated rings. The second-order valence-electron chi connectivity index (χ2n) is 6.41. The van der Waals surface area contributed by atoms with Crippen LogP contribution < -0.4 is 15.5 Å². The van der Waals surface area contributed by atoms with E-state index in [9.17, 15) is 4.79 Å². The van der Waals surface area contributed by atoms with Crippen LogP contribution in [0.25, 0.3) is 0 Å². The molecule has 1 aromatic heterocycles. The fourth-order valence-electron chi connectivity index (χ4n) is 3.39. The van der Waals surface area contributed by atoms with Gasteiger partial charge in [0.2, 0.25) is 5.91 Å². The van der Waals surface area contributed by atoms with E-state index in [-0.39, 0.29) is 5.91 Å². The molecule has 1 atom stereocenters. The molecule has 0 saturated carbocycles. The van der Waals surface area contributed by atoms with Crippen molar-refractivity contribution in [2.75, 3.05) is 31.1 Å². The second-order valence-corrected chi connectivity index (χ2v) is 6.41. The zero-order valence-electron chi connectivity index (χ0n) is 13.1. The average Bonchev–Trinajstić information content (AvgIpc) is 3.08. The van der Waals surface area contributed by atoms with Gasteiger partial charge in [0.05, 0.1) is 0 Å². The first-order valence-corrected chi connectivity index (χ1v) is 8.47. The molecular formula is C17H26N4O. The monoisotopic (exact) mass is 302 g/mol. The highest BCUT2D eigenvalue weighted by molar-refractivity contribution is 5.76. The van der Waals surface area contributed by atoms with Crippen LogP contribution >= 0.6 is 0 Å². The molecule has 22 heavy (non-hydrogen) atoms. The lowest BCUT2D eigenvalue weighted by Crippen LogP contribution is -2.45. The summed E-state index contributed by atoms with van der Waals surface area (Å²) in [6, 6.07) is 6.34. The van der Waals surface area contributed by atoms with E-state index in [0.29, 0.717) is 18.4 Å². The van der Waals surface area contributed by atoms with E-state index in [4.69, 9.17) is 0 Å². The minimum Gasteiger partial charge on any atom is -0.356 e. The number of pyridine rings is 1. The Balaban J connectivity index is 1.37. The summed E-state index contributed by atoms with van der Waals surface area (Å²) in [6.07, 6.45) is 6.76. The van der Waals surface area contributed by atoms with Gasteiger partial charge in [0, 0.05) is 31.7 Å². The normalized spacial score (nSPS) is 22.7. The van der Waals surface area contributed by atoms with E-state index >= 15 is 0 Å². The Morgan fingerprint density at radius 1 is 1.32 bits per heavy atom. The summed E-state index contributed by atoms with van der Waals surface area (Å²) in [5.74, 6) is 1.96. The fraction of sp³-hybridized carbons (Fsp3) is 0.647. The third kappa shape index (κ3) is 4.19. The highest BCUT2D eigenvalue weighted by Crippen LogP contribution is 2.18. The number of amides is 1. The molecule has 5 nitrogen and oxygen atoms in total. The van der Waals surface area contributed by atoms with E-state index in [1.807, 2.05) is 18.3 Å². The number of hydrogen-bond acceptors (Lipinski definition) is 4. The molecule has 0 spiro atoms. The van der Waals surface area contributed by atoms with Gasteiger partial charge in [-0.2, -0.15) is 0 Å². The SMILES string of the molecule is O=C(CCC1CCNC1)NC1CCN(c2ccccn2)CC1. The number of rotatable bonds is 5. The van der Waals surface area contributed by atoms with Gasteiger partial charge < -0.3 is 15.5 Å². The topological polar surface area (TPSA) is 57.3 Å². The maximum atomic E-state index is 12.1. The molecule has 0 aliphatic carbocycles. The van der Waals surface area contributed by atoms with Gasteiger partial charge in [0.1, 0.15) is 5.82 Å². The average molecular weight is 302 g/mol. The van der Waals surface area contributed by atoms with Crippen molar-refractivity contribution in [1.82, 2.24) is 15.6 Å². The van der Waals surface area contributed by atoms with Gasteiger partial charge >= 0.3 is 0 Å². The molecule has 0 bridgehead atoms. The Kier molecular flexibility index (Phi) is 5.27. The smallest absolute Gasteiger partial charge is 0.220 e. The minimum absolute atomic E-state index is 0.225. The van der Waals surface area contributed by atoms with Crippen molar-refractivity contribution >= 4 is 11.7 Å². The van der Waals surface area contributed by atoms with Gasteiger partial charge in [-0.15, -0.1) is 0 Å². The molecule has 0 aromatic carbocycles. The number of anilines is 1. The van der Waals surface area contributed by atoms with Crippen LogP contribution in [0.3, 0.4) is 0 Å². The summed E-state index contributed by atoms with van der Waals surface area (Å²) in [7, 11) is 0. The molecule has 1 aromatic rings. The predicted octanol–water partition coefficient (Wildman–Crippen LogP) is 1.56. The largest absolute Gasteiger partial charge is 0.356 e. The first-order chi connectivity index (χ1) is 10.8. The van der Waals surface area contributed by atoms with Crippen LogP contribution in [-0.2, 0) is 4.79 Å². The summed E-state index contributed by atoms with van der Waals surface area (Å²) in [5, 5.41) is 6.56. The molecule has 2 aliphatic rings. The Morgan fingerprint density at radius 2 is 2.18 bits per heavy atom. The molecule has 2 saturated heterocycles.